The molecule has 1 unspecified atom stereocenters. The van der Waals surface area contributed by atoms with Gasteiger partial charge in [0.25, 0.3) is 0 Å². The van der Waals surface area contributed by atoms with Crippen molar-refractivity contribution in [2.45, 2.75) is 31.7 Å². The van der Waals surface area contributed by atoms with Gasteiger partial charge in [0.1, 0.15) is 0 Å². The molecule has 2 aliphatic rings. The highest BCUT2D eigenvalue weighted by Gasteiger charge is 2.25. The molecule has 1 heterocycles. The third kappa shape index (κ3) is 4.15. The van der Waals surface area contributed by atoms with E-state index in [1.807, 2.05) is 7.05 Å². The van der Waals surface area contributed by atoms with Crippen molar-refractivity contribution in [3.63, 3.8) is 0 Å². The van der Waals surface area contributed by atoms with Crippen molar-refractivity contribution in [2.75, 3.05) is 31.6 Å². The number of guanidine groups is 1. The zero-order chi connectivity index (χ0) is 15.4. The molecule has 5 heteroatoms. The molecule has 2 N–H and O–H groups in total. The lowest BCUT2D eigenvalue weighted by atomic mass is 10.2. The van der Waals surface area contributed by atoms with E-state index in [1.165, 1.54) is 29.4 Å². The Kier molecular flexibility index (Phi) is 5.24. The van der Waals surface area contributed by atoms with Crippen LogP contribution in [-0.2, 0) is 0 Å². The summed E-state index contributed by atoms with van der Waals surface area (Å²) < 4.78 is 1.17. The molecule has 4 nitrogen and oxygen atoms in total. The van der Waals surface area contributed by atoms with Gasteiger partial charge in [-0.15, -0.1) is 0 Å². The number of anilines is 1. The highest BCUT2D eigenvalue weighted by atomic mass is 79.9. The lowest BCUT2D eigenvalue weighted by molar-refractivity contribution is 0.632. The van der Waals surface area contributed by atoms with Crippen LogP contribution in [-0.4, -0.2) is 38.7 Å². The summed E-state index contributed by atoms with van der Waals surface area (Å²) in [4.78, 5) is 6.78. The Morgan fingerprint density at radius 2 is 2.14 bits per heavy atom. The van der Waals surface area contributed by atoms with Crippen LogP contribution in [0.4, 0.5) is 5.69 Å². The summed E-state index contributed by atoms with van der Waals surface area (Å²) in [6.45, 7) is 3.14. The number of hydrogen-bond donors (Lipinski definition) is 2. The monoisotopic (exact) mass is 364 g/mol. The molecule has 2 fully saturated rings. The minimum absolute atomic E-state index is 0.458. The van der Waals surface area contributed by atoms with E-state index in [1.54, 1.807) is 0 Å². The van der Waals surface area contributed by atoms with Crippen molar-refractivity contribution in [1.82, 2.24) is 10.6 Å². The zero-order valence-corrected chi connectivity index (χ0v) is 14.8. The number of halogens is 1. The van der Waals surface area contributed by atoms with Crippen molar-refractivity contribution in [3.05, 3.63) is 28.7 Å². The van der Waals surface area contributed by atoms with Gasteiger partial charge in [-0.1, -0.05) is 25.0 Å². The minimum Gasteiger partial charge on any atom is -0.368 e. The van der Waals surface area contributed by atoms with E-state index in [0.717, 1.165) is 37.9 Å². The highest BCUT2D eigenvalue weighted by molar-refractivity contribution is 9.10. The lowest BCUT2D eigenvalue weighted by Crippen LogP contribution is -2.44. The average Bonchev–Trinajstić information content (AvgIpc) is 3.24. The first-order valence-electron chi connectivity index (χ1n) is 8.23. The Bertz CT molecular complexity index is 527. The van der Waals surface area contributed by atoms with Crippen molar-refractivity contribution in [3.8, 4) is 0 Å². The second-order valence-corrected chi connectivity index (χ2v) is 7.11. The molecular weight excluding hydrogens is 340 g/mol. The first-order chi connectivity index (χ1) is 10.8. The smallest absolute Gasteiger partial charge is 0.191 e. The molecule has 22 heavy (non-hydrogen) atoms. The van der Waals surface area contributed by atoms with Gasteiger partial charge < -0.3 is 15.5 Å². The molecule has 0 amide bonds. The lowest BCUT2D eigenvalue weighted by Gasteiger charge is -2.21. The fourth-order valence-corrected chi connectivity index (χ4v) is 3.53. The quantitative estimate of drug-likeness (QED) is 0.623. The van der Waals surface area contributed by atoms with E-state index in [0.29, 0.717) is 6.04 Å². The van der Waals surface area contributed by atoms with Gasteiger partial charge in [-0.05, 0) is 46.8 Å². The number of para-hydroxylation sites is 1. The molecule has 0 spiro atoms. The fraction of sp³-hybridized carbons (Fsp3) is 0.588. The molecule has 1 saturated carbocycles. The molecule has 1 saturated heterocycles. The Balaban J connectivity index is 1.48. The van der Waals surface area contributed by atoms with Gasteiger partial charge in [-0.3, -0.25) is 4.99 Å². The Hall–Kier alpha value is -1.23. The van der Waals surface area contributed by atoms with Crippen LogP contribution < -0.4 is 15.5 Å². The maximum absolute atomic E-state index is 4.35. The third-order valence-electron chi connectivity index (χ3n) is 4.49. The SMILES string of the molecule is CN=C(NCCC1CC1)NC1CCN(c2ccccc2Br)C1. The van der Waals surface area contributed by atoms with E-state index in [4.69, 9.17) is 0 Å². The third-order valence-corrected chi connectivity index (χ3v) is 5.16. The second-order valence-electron chi connectivity index (χ2n) is 6.26. The van der Waals surface area contributed by atoms with Gasteiger partial charge in [0.2, 0.25) is 0 Å². The highest BCUT2D eigenvalue weighted by Crippen LogP contribution is 2.31. The predicted octanol–water partition coefficient (Wildman–Crippen LogP) is 2.99. The first-order valence-corrected chi connectivity index (χ1v) is 9.02. The predicted molar refractivity (Wildman–Crippen MR) is 96.6 cm³/mol. The number of benzene rings is 1. The summed E-state index contributed by atoms with van der Waals surface area (Å²) in [5.41, 5.74) is 1.28. The Morgan fingerprint density at radius 3 is 2.86 bits per heavy atom. The zero-order valence-electron chi connectivity index (χ0n) is 13.2. The molecule has 1 aromatic carbocycles. The standard InChI is InChI=1S/C17H25BrN4/c1-19-17(20-10-8-13-6-7-13)21-14-9-11-22(12-14)16-5-3-2-4-15(16)18/h2-5,13-14H,6-12H2,1H3,(H2,19,20,21). The largest absolute Gasteiger partial charge is 0.368 e. The van der Waals surface area contributed by atoms with Crippen LogP contribution in [0.3, 0.4) is 0 Å². The molecule has 0 radical (unpaired) electrons. The number of nitrogens with zero attached hydrogens (tertiary/aromatic N) is 2. The molecule has 1 aliphatic heterocycles. The van der Waals surface area contributed by atoms with Crippen molar-refractivity contribution in [2.24, 2.45) is 10.9 Å². The van der Waals surface area contributed by atoms with E-state index < -0.39 is 0 Å². The van der Waals surface area contributed by atoms with Crippen LogP contribution in [0.1, 0.15) is 25.7 Å². The molecule has 0 bridgehead atoms. The van der Waals surface area contributed by atoms with Gasteiger partial charge in [0, 0.05) is 37.2 Å². The maximum Gasteiger partial charge on any atom is 0.191 e. The normalized spacial score (nSPS) is 22.0. The molecule has 1 aromatic rings. The number of nitrogens with one attached hydrogen (secondary N) is 2. The van der Waals surface area contributed by atoms with Crippen LogP contribution in [0.5, 0.6) is 0 Å². The van der Waals surface area contributed by atoms with E-state index in [9.17, 15) is 0 Å². The molecule has 3 rings (SSSR count). The van der Waals surface area contributed by atoms with Gasteiger partial charge in [0.05, 0.1) is 5.69 Å². The van der Waals surface area contributed by atoms with Crippen LogP contribution >= 0.6 is 15.9 Å². The topological polar surface area (TPSA) is 39.7 Å². The Labute approximate surface area is 141 Å². The average molecular weight is 365 g/mol. The summed E-state index contributed by atoms with van der Waals surface area (Å²) in [7, 11) is 1.85. The summed E-state index contributed by atoms with van der Waals surface area (Å²) >= 11 is 3.65. The van der Waals surface area contributed by atoms with Crippen molar-refractivity contribution >= 4 is 27.6 Å². The summed E-state index contributed by atoms with van der Waals surface area (Å²) in [5, 5.41) is 7.01. The summed E-state index contributed by atoms with van der Waals surface area (Å²) in [6.07, 6.45) is 5.24. The second kappa shape index (κ2) is 7.36. The molecule has 1 atom stereocenters. The number of aliphatic imine (C=N–C) groups is 1. The fourth-order valence-electron chi connectivity index (χ4n) is 2.99. The van der Waals surface area contributed by atoms with Gasteiger partial charge in [0.15, 0.2) is 5.96 Å². The minimum atomic E-state index is 0.458. The van der Waals surface area contributed by atoms with E-state index in [2.05, 4.69) is 60.7 Å². The molecular formula is C17H25BrN4. The van der Waals surface area contributed by atoms with Gasteiger partial charge in [-0.2, -0.15) is 0 Å². The van der Waals surface area contributed by atoms with Crippen LogP contribution in [0, 0.1) is 5.92 Å². The van der Waals surface area contributed by atoms with Gasteiger partial charge >= 0.3 is 0 Å². The van der Waals surface area contributed by atoms with Crippen molar-refractivity contribution in [1.29, 1.82) is 0 Å². The summed E-state index contributed by atoms with van der Waals surface area (Å²) in [6, 6.07) is 8.90. The summed E-state index contributed by atoms with van der Waals surface area (Å²) in [5.74, 6) is 1.91. The van der Waals surface area contributed by atoms with Crippen LogP contribution in [0.15, 0.2) is 33.7 Å². The molecule has 0 aromatic heterocycles. The van der Waals surface area contributed by atoms with Crippen LogP contribution in [0.25, 0.3) is 0 Å². The van der Waals surface area contributed by atoms with Gasteiger partial charge in [-0.25, -0.2) is 0 Å². The molecule has 120 valence electrons. The maximum atomic E-state index is 4.35. The molecule has 1 aliphatic carbocycles. The first kappa shape index (κ1) is 15.7. The van der Waals surface area contributed by atoms with Crippen molar-refractivity contribution < 1.29 is 0 Å². The van der Waals surface area contributed by atoms with E-state index >= 15 is 0 Å². The number of rotatable bonds is 5. The Morgan fingerprint density at radius 1 is 1.32 bits per heavy atom. The van der Waals surface area contributed by atoms with Crippen LogP contribution in [0.2, 0.25) is 0 Å². The number of hydrogen-bond acceptors (Lipinski definition) is 2. The van der Waals surface area contributed by atoms with E-state index in [-0.39, 0.29) is 0 Å².